The highest BCUT2D eigenvalue weighted by atomic mass is 16.5. The molecule has 1 aromatic rings. The average molecular weight is 277 g/mol. The minimum Gasteiger partial charge on any atom is -0.489 e. The molecule has 0 atom stereocenters. The topological polar surface area (TPSA) is 41.7 Å². The number of piperazine rings is 1. The SMILES string of the molecule is CCCN1CCN(c2cccc(OC(C)C)c2N)CC1. The predicted octanol–water partition coefficient (Wildman–Crippen LogP) is 2.59. The quantitative estimate of drug-likeness (QED) is 0.840. The van der Waals surface area contributed by atoms with E-state index in [0.29, 0.717) is 0 Å². The average Bonchev–Trinajstić information content (AvgIpc) is 2.42. The van der Waals surface area contributed by atoms with Gasteiger partial charge in [-0.3, -0.25) is 4.90 Å². The molecule has 0 saturated carbocycles. The first-order valence-electron chi connectivity index (χ1n) is 7.64. The fraction of sp³-hybridized carbons (Fsp3) is 0.625. The van der Waals surface area contributed by atoms with Gasteiger partial charge in [-0.2, -0.15) is 0 Å². The van der Waals surface area contributed by atoms with E-state index >= 15 is 0 Å². The molecule has 112 valence electrons. The minimum absolute atomic E-state index is 0.147. The van der Waals surface area contributed by atoms with E-state index in [1.807, 2.05) is 26.0 Å². The summed E-state index contributed by atoms with van der Waals surface area (Å²) in [7, 11) is 0. The Morgan fingerprint density at radius 1 is 1.20 bits per heavy atom. The number of anilines is 2. The van der Waals surface area contributed by atoms with Gasteiger partial charge in [0.15, 0.2) is 0 Å². The summed E-state index contributed by atoms with van der Waals surface area (Å²) in [5.41, 5.74) is 8.15. The Labute approximate surface area is 122 Å². The summed E-state index contributed by atoms with van der Waals surface area (Å²) in [5, 5.41) is 0. The molecule has 4 heteroatoms. The number of nitrogen functional groups attached to an aromatic ring is 1. The van der Waals surface area contributed by atoms with Gasteiger partial charge >= 0.3 is 0 Å². The lowest BCUT2D eigenvalue weighted by molar-refractivity contribution is 0.243. The van der Waals surface area contributed by atoms with Crippen molar-refractivity contribution in [3.05, 3.63) is 18.2 Å². The molecule has 20 heavy (non-hydrogen) atoms. The second kappa shape index (κ2) is 6.84. The van der Waals surface area contributed by atoms with Crippen LogP contribution in [0, 0.1) is 0 Å². The Bertz CT molecular complexity index is 426. The molecule has 2 rings (SSSR count). The minimum atomic E-state index is 0.147. The lowest BCUT2D eigenvalue weighted by Gasteiger charge is -2.36. The van der Waals surface area contributed by atoms with Crippen LogP contribution in [0.5, 0.6) is 5.75 Å². The molecule has 1 aliphatic heterocycles. The predicted molar refractivity (Wildman–Crippen MR) is 85.6 cm³/mol. The molecule has 0 bridgehead atoms. The molecule has 0 spiro atoms. The monoisotopic (exact) mass is 277 g/mol. The molecular formula is C16H27N3O. The van der Waals surface area contributed by atoms with Crippen LogP contribution in [0.25, 0.3) is 0 Å². The van der Waals surface area contributed by atoms with Crippen LogP contribution >= 0.6 is 0 Å². The molecule has 0 radical (unpaired) electrons. The normalized spacial score (nSPS) is 16.7. The number of hydrogen-bond donors (Lipinski definition) is 1. The highest BCUT2D eigenvalue weighted by molar-refractivity contribution is 5.74. The van der Waals surface area contributed by atoms with E-state index in [1.54, 1.807) is 0 Å². The Morgan fingerprint density at radius 3 is 2.50 bits per heavy atom. The second-order valence-corrected chi connectivity index (χ2v) is 5.68. The number of nitrogens with zero attached hydrogens (tertiary/aromatic N) is 2. The first kappa shape index (κ1) is 15.0. The Hall–Kier alpha value is -1.42. The van der Waals surface area contributed by atoms with Crippen LogP contribution in [0.1, 0.15) is 27.2 Å². The van der Waals surface area contributed by atoms with Crippen LogP contribution in [0.4, 0.5) is 11.4 Å². The fourth-order valence-electron chi connectivity index (χ4n) is 2.69. The van der Waals surface area contributed by atoms with Gasteiger partial charge in [-0.1, -0.05) is 13.0 Å². The van der Waals surface area contributed by atoms with Gasteiger partial charge in [-0.15, -0.1) is 0 Å². The zero-order chi connectivity index (χ0) is 14.5. The third-order valence-electron chi connectivity index (χ3n) is 3.66. The van der Waals surface area contributed by atoms with Crippen molar-refractivity contribution in [2.45, 2.75) is 33.3 Å². The first-order valence-corrected chi connectivity index (χ1v) is 7.64. The summed E-state index contributed by atoms with van der Waals surface area (Å²) in [5.74, 6) is 0.800. The van der Waals surface area contributed by atoms with Gasteiger partial charge in [0, 0.05) is 26.2 Å². The standard InChI is InChI=1S/C16H27N3O/c1-4-8-18-9-11-19(12-10-18)14-6-5-7-15(16(14)17)20-13(2)3/h5-7,13H,4,8-12,17H2,1-3H3. The molecule has 0 unspecified atom stereocenters. The lowest BCUT2D eigenvalue weighted by atomic mass is 10.2. The smallest absolute Gasteiger partial charge is 0.144 e. The molecule has 1 fully saturated rings. The van der Waals surface area contributed by atoms with E-state index in [4.69, 9.17) is 10.5 Å². The highest BCUT2D eigenvalue weighted by Crippen LogP contribution is 2.33. The van der Waals surface area contributed by atoms with Gasteiger partial charge in [0.25, 0.3) is 0 Å². The number of para-hydroxylation sites is 1. The maximum atomic E-state index is 6.28. The van der Waals surface area contributed by atoms with Crippen LogP contribution in [-0.4, -0.2) is 43.7 Å². The molecule has 0 aliphatic carbocycles. The zero-order valence-corrected chi connectivity index (χ0v) is 12.9. The van der Waals surface area contributed by atoms with E-state index in [9.17, 15) is 0 Å². The van der Waals surface area contributed by atoms with Crippen LogP contribution in [0.15, 0.2) is 18.2 Å². The largest absolute Gasteiger partial charge is 0.489 e. The van der Waals surface area contributed by atoms with Crippen molar-refractivity contribution in [2.24, 2.45) is 0 Å². The van der Waals surface area contributed by atoms with Gasteiger partial charge in [0.05, 0.1) is 17.5 Å². The Morgan fingerprint density at radius 2 is 1.90 bits per heavy atom. The molecule has 0 aromatic heterocycles. The maximum absolute atomic E-state index is 6.28. The van der Waals surface area contributed by atoms with Gasteiger partial charge in [0.2, 0.25) is 0 Å². The van der Waals surface area contributed by atoms with Gasteiger partial charge in [-0.25, -0.2) is 0 Å². The summed E-state index contributed by atoms with van der Waals surface area (Å²) in [6.07, 6.45) is 1.37. The van der Waals surface area contributed by atoms with Crippen LogP contribution in [0.3, 0.4) is 0 Å². The molecule has 4 nitrogen and oxygen atoms in total. The first-order chi connectivity index (χ1) is 9.61. The molecule has 1 heterocycles. The third kappa shape index (κ3) is 3.57. The van der Waals surface area contributed by atoms with Crippen molar-refractivity contribution in [1.29, 1.82) is 0 Å². The van der Waals surface area contributed by atoms with Crippen molar-refractivity contribution in [1.82, 2.24) is 4.90 Å². The number of hydrogen-bond acceptors (Lipinski definition) is 4. The van der Waals surface area contributed by atoms with Crippen molar-refractivity contribution in [3.63, 3.8) is 0 Å². The molecule has 1 aromatic carbocycles. The van der Waals surface area contributed by atoms with Crippen LogP contribution in [-0.2, 0) is 0 Å². The summed E-state index contributed by atoms with van der Waals surface area (Å²) in [6, 6.07) is 6.08. The van der Waals surface area contributed by atoms with Crippen molar-refractivity contribution >= 4 is 11.4 Å². The zero-order valence-electron chi connectivity index (χ0n) is 12.9. The molecule has 0 amide bonds. The summed E-state index contributed by atoms with van der Waals surface area (Å²) < 4.78 is 5.77. The van der Waals surface area contributed by atoms with E-state index < -0.39 is 0 Å². The lowest BCUT2D eigenvalue weighted by Crippen LogP contribution is -2.46. The second-order valence-electron chi connectivity index (χ2n) is 5.68. The molecule has 1 saturated heterocycles. The Balaban J connectivity index is 2.06. The van der Waals surface area contributed by atoms with Crippen molar-refractivity contribution in [2.75, 3.05) is 43.4 Å². The van der Waals surface area contributed by atoms with E-state index in [2.05, 4.69) is 22.8 Å². The Kier molecular flexibility index (Phi) is 5.12. The molecule has 2 N–H and O–H groups in total. The van der Waals surface area contributed by atoms with Gasteiger partial charge in [-0.05, 0) is 38.9 Å². The number of nitrogens with two attached hydrogens (primary N) is 1. The van der Waals surface area contributed by atoms with Crippen molar-refractivity contribution < 1.29 is 4.74 Å². The van der Waals surface area contributed by atoms with E-state index in [1.165, 1.54) is 13.0 Å². The van der Waals surface area contributed by atoms with Crippen molar-refractivity contribution in [3.8, 4) is 5.75 Å². The summed E-state index contributed by atoms with van der Waals surface area (Å²) in [4.78, 5) is 4.88. The number of ether oxygens (including phenoxy) is 1. The highest BCUT2D eigenvalue weighted by Gasteiger charge is 2.19. The van der Waals surface area contributed by atoms with E-state index in [0.717, 1.165) is 43.3 Å². The molecule has 1 aliphatic rings. The molecular weight excluding hydrogens is 250 g/mol. The van der Waals surface area contributed by atoms with Gasteiger partial charge in [0.1, 0.15) is 5.75 Å². The van der Waals surface area contributed by atoms with Crippen LogP contribution < -0.4 is 15.4 Å². The van der Waals surface area contributed by atoms with E-state index in [-0.39, 0.29) is 6.10 Å². The maximum Gasteiger partial charge on any atom is 0.144 e. The van der Waals surface area contributed by atoms with Crippen LogP contribution in [0.2, 0.25) is 0 Å². The number of benzene rings is 1. The number of rotatable bonds is 5. The summed E-state index contributed by atoms with van der Waals surface area (Å²) in [6.45, 7) is 11.8. The van der Waals surface area contributed by atoms with Gasteiger partial charge < -0.3 is 15.4 Å². The third-order valence-corrected chi connectivity index (χ3v) is 3.66. The summed E-state index contributed by atoms with van der Waals surface area (Å²) >= 11 is 0. The fourth-order valence-corrected chi connectivity index (χ4v) is 2.69.